The van der Waals surface area contributed by atoms with E-state index >= 15 is 0 Å². The minimum absolute atomic E-state index is 0.0326. The van der Waals surface area contributed by atoms with Gasteiger partial charge in [-0.15, -0.1) is 0 Å². The highest BCUT2D eigenvalue weighted by atomic mass is 35.5. The number of nitro groups is 1. The average Bonchev–Trinajstić information content (AvgIpc) is 2.38. The third-order valence-corrected chi connectivity index (χ3v) is 3.40. The number of phenols is 1. The van der Waals surface area contributed by atoms with Crippen LogP contribution in [0.4, 0.5) is 5.69 Å². The Morgan fingerprint density at radius 1 is 1.20 bits per heavy atom. The van der Waals surface area contributed by atoms with E-state index < -0.39 is 4.92 Å². The summed E-state index contributed by atoms with van der Waals surface area (Å²) < 4.78 is 5.47. The van der Waals surface area contributed by atoms with Crippen LogP contribution in [0, 0.1) is 17.0 Å². The molecule has 20 heavy (non-hydrogen) atoms. The zero-order valence-electron chi connectivity index (χ0n) is 10.3. The van der Waals surface area contributed by atoms with Gasteiger partial charge in [-0.05, 0) is 19.1 Å². The van der Waals surface area contributed by atoms with Crippen molar-refractivity contribution in [2.24, 2.45) is 0 Å². The van der Waals surface area contributed by atoms with Crippen molar-refractivity contribution < 1.29 is 14.8 Å². The Labute approximate surface area is 124 Å². The Morgan fingerprint density at radius 3 is 2.50 bits per heavy atom. The molecule has 0 unspecified atom stereocenters. The van der Waals surface area contributed by atoms with E-state index in [1.807, 2.05) is 0 Å². The molecule has 0 radical (unpaired) electrons. The number of aromatic hydroxyl groups is 1. The van der Waals surface area contributed by atoms with E-state index in [1.54, 1.807) is 19.1 Å². The summed E-state index contributed by atoms with van der Waals surface area (Å²) >= 11 is 11.6. The molecule has 0 aromatic heterocycles. The van der Waals surface area contributed by atoms with Crippen molar-refractivity contribution in [3.63, 3.8) is 0 Å². The Morgan fingerprint density at radius 2 is 1.85 bits per heavy atom. The third kappa shape index (κ3) is 2.79. The van der Waals surface area contributed by atoms with Crippen molar-refractivity contribution >= 4 is 28.9 Å². The second kappa shape index (κ2) is 5.56. The first-order valence-corrected chi connectivity index (χ1v) is 6.25. The zero-order valence-corrected chi connectivity index (χ0v) is 11.8. The van der Waals surface area contributed by atoms with E-state index in [0.717, 1.165) is 6.07 Å². The van der Waals surface area contributed by atoms with Crippen LogP contribution in [-0.4, -0.2) is 10.0 Å². The number of nitro benzene ring substituents is 1. The molecule has 0 aliphatic rings. The topological polar surface area (TPSA) is 72.6 Å². The molecule has 0 atom stereocenters. The number of halogens is 2. The smallest absolute Gasteiger partial charge is 0.313 e. The molecule has 0 saturated carbocycles. The number of hydrogen-bond donors (Lipinski definition) is 1. The molecule has 2 aromatic carbocycles. The first kappa shape index (κ1) is 14.4. The maximum Gasteiger partial charge on any atom is 0.313 e. The van der Waals surface area contributed by atoms with Gasteiger partial charge in [-0.1, -0.05) is 29.3 Å². The van der Waals surface area contributed by atoms with Gasteiger partial charge in [0.05, 0.1) is 15.0 Å². The summed E-state index contributed by atoms with van der Waals surface area (Å²) in [7, 11) is 0. The van der Waals surface area contributed by atoms with Crippen LogP contribution in [0.1, 0.15) is 5.56 Å². The van der Waals surface area contributed by atoms with E-state index in [2.05, 4.69) is 0 Å². The van der Waals surface area contributed by atoms with E-state index in [1.165, 1.54) is 12.1 Å². The number of hydrogen-bond acceptors (Lipinski definition) is 4. The van der Waals surface area contributed by atoms with Gasteiger partial charge in [-0.3, -0.25) is 10.1 Å². The standard InChI is InChI=1S/C13H9Cl2NO4/c1-7-11(17)3-2-4-12(7)20-13-6-9(15)8(14)5-10(13)16(18)19/h2-6,17H,1H3. The number of rotatable bonds is 3. The first-order valence-electron chi connectivity index (χ1n) is 5.50. The number of nitrogens with zero attached hydrogens (tertiary/aromatic N) is 1. The summed E-state index contributed by atoms with van der Waals surface area (Å²) in [4.78, 5) is 10.4. The second-order valence-corrected chi connectivity index (χ2v) is 4.81. The van der Waals surface area contributed by atoms with Gasteiger partial charge in [0, 0.05) is 17.7 Å². The lowest BCUT2D eigenvalue weighted by molar-refractivity contribution is -0.385. The maximum atomic E-state index is 11.0. The molecule has 2 rings (SSSR count). The molecular formula is C13H9Cl2NO4. The van der Waals surface area contributed by atoms with Crippen LogP contribution in [0.3, 0.4) is 0 Å². The molecule has 1 N–H and O–H groups in total. The average molecular weight is 314 g/mol. The van der Waals surface area contributed by atoms with Gasteiger partial charge in [-0.2, -0.15) is 0 Å². The Balaban J connectivity index is 2.50. The zero-order chi connectivity index (χ0) is 14.9. The minimum atomic E-state index is -0.615. The van der Waals surface area contributed by atoms with Gasteiger partial charge in [0.15, 0.2) is 0 Å². The van der Waals surface area contributed by atoms with Crippen LogP contribution in [0.5, 0.6) is 17.2 Å². The fourth-order valence-corrected chi connectivity index (χ4v) is 1.89. The molecular weight excluding hydrogens is 305 g/mol. The fourth-order valence-electron chi connectivity index (χ4n) is 1.57. The molecule has 0 saturated heterocycles. The number of ether oxygens (including phenoxy) is 1. The lowest BCUT2D eigenvalue weighted by atomic mass is 10.2. The molecule has 0 aliphatic carbocycles. The van der Waals surface area contributed by atoms with E-state index in [4.69, 9.17) is 27.9 Å². The van der Waals surface area contributed by atoms with E-state index in [-0.39, 0.29) is 27.2 Å². The quantitative estimate of drug-likeness (QED) is 0.658. The van der Waals surface area contributed by atoms with Crippen LogP contribution in [0.2, 0.25) is 10.0 Å². The highest BCUT2D eigenvalue weighted by Gasteiger charge is 2.20. The third-order valence-electron chi connectivity index (χ3n) is 2.67. The molecule has 0 heterocycles. The molecule has 0 aliphatic heterocycles. The van der Waals surface area contributed by atoms with Crippen molar-refractivity contribution in [2.45, 2.75) is 6.92 Å². The highest BCUT2D eigenvalue weighted by Crippen LogP contribution is 2.39. The monoisotopic (exact) mass is 313 g/mol. The van der Waals surface area contributed by atoms with Crippen molar-refractivity contribution in [2.75, 3.05) is 0 Å². The summed E-state index contributed by atoms with van der Waals surface area (Å²) in [5.74, 6) is 0.287. The predicted octanol–water partition coefficient (Wildman–Crippen LogP) is 4.71. The van der Waals surface area contributed by atoms with Crippen LogP contribution in [-0.2, 0) is 0 Å². The second-order valence-electron chi connectivity index (χ2n) is 3.99. The lowest BCUT2D eigenvalue weighted by Crippen LogP contribution is -1.95. The van der Waals surface area contributed by atoms with Gasteiger partial charge in [0.25, 0.3) is 0 Å². The van der Waals surface area contributed by atoms with Crippen LogP contribution in [0.15, 0.2) is 30.3 Å². The van der Waals surface area contributed by atoms with Gasteiger partial charge in [0.2, 0.25) is 5.75 Å². The summed E-state index contributed by atoms with van der Waals surface area (Å²) in [5.41, 5.74) is 0.162. The molecule has 2 aromatic rings. The molecule has 104 valence electrons. The van der Waals surface area contributed by atoms with Crippen molar-refractivity contribution in [1.29, 1.82) is 0 Å². The predicted molar refractivity (Wildman–Crippen MR) is 76.0 cm³/mol. The van der Waals surface area contributed by atoms with E-state index in [9.17, 15) is 15.2 Å². The molecule has 0 bridgehead atoms. The Hall–Kier alpha value is -1.98. The van der Waals surface area contributed by atoms with E-state index in [0.29, 0.717) is 11.3 Å². The van der Waals surface area contributed by atoms with Crippen molar-refractivity contribution in [3.8, 4) is 17.2 Å². The summed E-state index contributed by atoms with van der Waals surface area (Å²) in [6.45, 7) is 1.63. The SMILES string of the molecule is Cc1c(O)cccc1Oc1cc(Cl)c(Cl)cc1[N+](=O)[O-]. The van der Waals surface area contributed by atoms with Crippen LogP contribution < -0.4 is 4.74 Å². The Kier molecular flexibility index (Phi) is 4.01. The summed E-state index contributed by atoms with van der Waals surface area (Å²) in [6, 6.07) is 7.04. The van der Waals surface area contributed by atoms with Crippen LogP contribution in [0.25, 0.3) is 0 Å². The normalized spacial score (nSPS) is 10.3. The van der Waals surface area contributed by atoms with Crippen molar-refractivity contribution in [3.05, 3.63) is 56.1 Å². The van der Waals surface area contributed by atoms with Gasteiger partial charge < -0.3 is 9.84 Å². The Bertz CT molecular complexity index is 688. The summed E-state index contributed by atoms with van der Waals surface area (Å²) in [5, 5.41) is 20.8. The largest absolute Gasteiger partial charge is 0.508 e. The van der Waals surface area contributed by atoms with Gasteiger partial charge >= 0.3 is 5.69 Å². The molecule has 0 amide bonds. The van der Waals surface area contributed by atoms with Crippen LogP contribution >= 0.6 is 23.2 Å². The van der Waals surface area contributed by atoms with Crippen molar-refractivity contribution in [1.82, 2.24) is 0 Å². The van der Waals surface area contributed by atoms with Gasteiger partial charge in [-0.25, -0.2) is 0 Å². The van der Waals surface area contributed by atoms with Gasteiger partial charge in [0.1, 0.15) is 11.5 Å². The maximum absolute atomic E-state index is 11.0. The molecule has 7 heteroatoms. The number of phenolic OH excluding ortho intramolecular Hbond substituents is 1. The lowest BCUT2D eigenvalue weighted by Gasteiger charge is -2.10. The molecule has 0 spiro atoms. The fraction of sp³-hybridized carbons (Fsp3) is 0.0769. The molecule has 5 nitrogen and oxygen atoms in total. The minimum Gasteiger partial charge on any atom is -0.508 e. The first-order chi connectivity index (χ1) is 9.40. The number of benzene rings is 2. The molecule has 0 fully saturated rings. The highest BCUT2D eigenvalue weighted by molar-refractivity contribution is 6.42. The summed E-state index contributed by atoms with van der Waals surface area (Å²) in [6.07, 6.45) is 0.